The number of rotatable bonds is 6. The normalized spacial score (nSPS) is 14.2. The van der Waals surface area contributed by atoms with Crippen LogP contribution in [0.4, 0.5) is 34.1 Å². The molecule has 2 aliphatic rings. The van der Waals surface area contributed by atoms with Gasteiger partial charge in [0.15, 0.2) is 0 Å². The van der Waals surface area contributed by atoms with Gasteiger partial charge in [0.2, 0.25) is 0 Å². The number of anilines is 6. The zero-order valence-electron chi connectivity index (χ0n) is 33.1. The van der Waals surface area contributed by atoms with Crippen LogP contribution in [0.5, 0.6) is 0 Å². The summed E-state index contributed by atoms with van der Waals surface area (Å²) < 4.78 is 0. The lowest BCUT2D eigenvalue weighted by Crippen LogP contribution is -2.63. The predicted molar refractivity (Wildman–Crippen MR) is 247 cm³/mol. The van der Waals surface area contributed by atoms with Gasteiger partial charge in [-0.1, -0.05) is 123 Å². The smallest absolute Gasteiger partial charge is 0.113 e. The van der Waals surface area contributed by atoms with Crippen molar-refractivity contribution in [1.82, 2.24) is 0 Å². The summed E-state index contributed by atoms with van der Waals surface area (Å²) in [7, 11) is -4.45. The highest BCUT2D eigenvalue weighted by Gasteiger charge is 2.49. The summed E-state index contributed by atoms with van der Waals surface area (Å²) in [5, 5.41) is 9.17. The number of para-hydroxylation sites is 2. The molecule has 2 heterocycles. The molecule has 0 amide bonds. The van der Waals surface area contributed by atoms with Crippen molar-refractivity contribution in [2.24, 2.45) is 0 Å². The summed E-state index contributed by atoms with van der Waals surface area (Å²) in [6, 6.07) is 63.5. The van der Waals surface area contributed by atoms with Crippen molar-refractivity contribution >= 4 is 81.8 Å². The first-order chi connectivity index (χ1) is 27.1. The van der Waals surface area contributed by atoms with Crippen LogP contribution in [0.25, 0.3) is 33.0 Å². The Morgan fingerprint density at radius 2 is 0.696 bits per heavy atom. The van der Waals surface area contributed by atoms with E-state index in [2.05, 4.69) is 220 Å². The molecule has 0 radical (unpaired) electrons. The molecule has 272 valence electrons. The third-order valence-electron chi connectivity index (χ3n) is 12.4. The molecule has 8 aromatic carbocycles. The molecule has 0 fully saturated rings. The van der Waals surface area contributed by atoms with Gasteiger partial charge in [-0.05, 0) is 152 Å². The summed E-state index contributed by atoms with van der Waals surface area (Å²) in [6.07, 6.45) is 0. The second-order valence-electron chi connectivity index (χ2n) is 16.8. The Morgan fingerprint density at radius 1 is 0.339 bits per heavy atom. The lowest BCUT2D eigenvalue weighted by Gasteiger charge is -2.30. The van der Waals surface area contributed by atoms with Crippen molar-refractivity contribution in [3.05, 3.63) is 181 Å². The molecule has 0 N–H and O–H groups in total. The van der Waals surface area contributed by atoms with Crippen LogP contribution in [0.3, 0.4) is 0 Å². The minimum absolute atomic E-state index is 1.18. The molecule has 2 nitrogen and oxygen atoms in total. The second-order valence-corrected chi connectivity index (χ2v) is 25.4. The number of benzene rings is 8. The Balaban J connectivity index is 1.18. The fourth-order valence-corrected chi connectivity index (χ4v) is 18.4. The Morgan fingerprint density at radius 3 is 1.09 bits per heavy atom. The van der Waals surface area contributed by atoms with Crippen LogP contribution in [0.2, 0.25) is 26.2 Å². The van der Waals surface area contributed by atoms with Gasteiger partial charge in [-0.25, -0.2) is 0 Å². The van der Waals surface area contributed by atoms with Crippen LogP contribution >= 0.6 is 0 Å². The average molecular weight is 755 g/mol. The number of aryl methyl sites for hydroxylation is 2. The minimum atomic E-state index is -2.22. The van der Waals surface area contributed by atoms with Gasteiger partial charge in [0.05, 0.1) is 0 Å². The van der Waals surface area contributed by atoms with E-state index in [0.717, 1.165) is 0 Å². The standard InChI is InChI=1S/C52H46N2Si2/c1-35-17-15-23-39(31-35)53(37-19-9-7-10-20-37)41-27-29-45-47(33-41)55(3,4)51-49(45)43-25-13-14-26-44(43)50-46-30-28-42(34-48(46)56(5,6)52(50)51)54(38-21-11-8-12-22-38)40-24-16-18-36(2)32-40/h7-34H,1-6H3. The first-order valence-electron chi connectivity index (χ1n) is 19.9. The fourth-order valence-electron chi connectivity index (χ4n) is 9.91. The van der Waals surface area contributed by atoms with Crippen molar-refractivity contribution in [2.75, 3.05) is 9.80 Å². The van der Waals surface area contributed by atoms with Gasteiger partial charge in [-0.2, -0.15) is 0 Å². The van der Waals surface area contributed by atoms with Crippen LogP contribution in [0.15, 0.2) is 170 Å². The topological polar surface area (TPSA) is 6.48 Å². The first-order valence-corrected chi connectivity index (χ1v) is 25.9. The van der Waals surface area contributed by atoms with E-state index in [1.54, 1.807) is 10.4 Å². The molecule has 56 heavy (non-hydrogen) atoms. The fraction of sp³-hybridized carbons (Fsp3) is 0.115. The Kier molecular flexibility index (Phi) is 7.90. The van der Waals surface area contributed by atoms with Crippen molar-refractivity contribution in [3.63, 3.8) is 0 Å². The summed E-state index contributed by atoms with van der Waals surface area (Å²) in [5.74, 6) is 0. The summed E-state index contributed by atoms with van der Waals surface area (Å²) >= 11 is 0. The maximum Gasteiger partial charge on any atom is 0.113 e. The lowest BCUT2D eigenvalue weighted by atomic mass is 9.92. The van der Waals surface area contributed by atoms with Gasteiger partial charge in [-0.15, -0.1) is 0 Å². The molecule has 0 spiro atoms. The maximum absolute atomic E-state index is 2.61. The Hall–Kier alpha value is -5.95. The van der Waals surface area contributed by atoms with Crippen LogP contribution in [0.1, 0.15) is 11.1 Å². The van der Waals surface area contributed by atoms with Crippen molar-refractivity contribution in [2.45, 2.75) is 40.0 Å². The molecule has 4 heteroatoms. The summed E-state index contributed by atoms with van der Waals surface area (Å²) in [4.78, 5) is 4.87. The molecule has 10 rings (SSSR count). The molecule has 2 aliphatic heterocycles. The third kappa shape index (κ3) is 5.20. The molecule has 0 aromatic heterocycles. The van der Waals surface area contributed by atoms with Gasteiger partial charge in [0.25, 0.3) is 0 Å². The van der Waals surface area contributed by atoms with E-state index >= 15 is 0 Å². The van der Waals surface area contributed by atoms with Crippen molar-refractivity contribution in [3.8, 4) is 22.3 Å². The minimum Gasteiger partial charge on any atom is -0.311 e. The second kappa shape index (κ2) is 12.8. The maximum atomic E-state index is 2.61. The van der Waals surface area contributed by atoms with Crippen LogP contribution in [0, 0.1) is 13.8 Å². The predicted octanol–water partition coefficient (Wildman–Crippen LogP) is 12.0. The zero-order chi connectivity index (χ0) is 38.3. The van der Waals surface area contributed by atoms with Crippen LogP contribution in [-0.2, 0) is 0 Å². The summed E-state index contributed by atoms with van der Waals surface area (Å²) in [5.41, 5.74) is 15.5. The third-order valence-corrected chi connectivity index (χ3v) is 19.7. The molecular weight excluding hydrogens is 709 g/mol. The van der Waals surface area contributed by atoms with E-state index in [9.17, 15) is 0 Å². The highest BCUT2D eigenvalue weighted by molar-refractivity contribution is 7.13. The van der Waals surface area contributed by atoms with E-state index in [1.807, 2.05) is 0 Å². The quantitative estimate of drug-likeness (QED) is 0.156. The number of hydrogen-bond donors (Lipinski definition) is 0. The molecule has 8 aromatic rings. The van der Waals surface area contributed by atoms with Crippen LogP contribution in [-0.4, -0.2) is 16.1 Å². The van der Waals surface area contributed by atoms with Crippen molar-refractivity contribution < 1.29 is 0 Å². The Bertz CT molecular complexity index is 2650. The highest BCUT2D eigenvalue weighted by atomic mass is 28.3. The van der Waals surface area contributed by atoms with E-state index in [4.69, 9.17) is 0 Å². The molecule has 0 saturated heterocycles. The lowest BCUT2D eigenvalue weighted by molar-refractivity contribution is 1.27. The van der Waals surface area contributed by atoms with Gasteiger partial charge < -0.3 is 9.80 Å². The average Bonchev–Trinajstić information content (AvgIpc) is 3.58. The van der Waals surface area contributed by atoms with Crippen LogP contribution < -0.4 is 30.5 Å². The largest absolute Gasteiger partial charge is 0.311 e. The highest BCUT2D eigenvalue weighted by Crippen LogP contribution is 2.45. The van der Waals surface area contributed by atoms with Gasteiger partial charge in [0.1, 0.15) is 16.1 Å². The van der Waals surface area contributed by atoms with Gasteiger partial charge >= 0.3 is 0 Å². The van der Waals surface area contributed by atoms with Gasteiger partial charge in [-0.3, -0.25) is 0 Å². The molecule has 0 bridgehead atoms. The molecular formula is C52H46N2Si2. The number of hydrogen-bond acceptors (Lipinski definition) is 2. The summed E-state index contributed by atoms with van der Waals surface area (Å²) in [6.45, 7) is 14.8. The first kappa shape index (κ1) is 34.5. The van der Waals surface area contributed by atoms with Gasteiger partial charge in [0, 0.05) is 34.1 Å². The zero-order valence-corrected chi connectivity index (χ0v) is 35.1. The monoisotopic (exact) mass is 754 g/mol. The van der Waals surface area contributed by atoms with E-state index in [0.29, 0.717) is 0 Å². The van der Waals surface area contributed by atoms with E-state index in [-0.39, 0.29) is 0 Å². The molecule has 0 atom stereocenters. The van der Waals surface area contributed by atoms with Crippen molar-refractivity contribution in [1.29, 1.82) is 0 Å². The number of fused-ring (bicyclic) bond motifs is 10. The molecule has 0 aliphatic carbocycles. The molecule has 0 saturated carbocycles. The Labute approximate surface area is 333 Å². The number of nitrogens with zero attached hydrogens (tertiary/aromatic N) is 2. The van der Waals surface area contributed by atoms with E-state index < -0.39 is 16.1 Å². The molecule has 0 unspecified atom stereocenters. The SMILES string of the molecule is Cc1cccc(N(c2ccccc2)c2ccc3c(c2)[Si](C)(C)c2c4c(c5ccccc5c2-3)-c2ccc(N(c3ccccc3)c3cccc(C)c3)cc2[Si]4(C)C)c1. The van der Waals surface area contributed by atoms with E-state index in [1.165, 1.54) is 88.7 Å².